The molecular weight excluding hydrogens is 449 g/mol. The van der Waals surface area contributed by atoms with Crippen molar-refractivity contribution in [3.8, 4) is 5.75 Å². The minimum atomic E-state index is -0.757. The molecule has 1 aromatic heterocycles. The number of halogens is 1. The molecular formula is C26H28FN5O3. The minimum Gasteiger partial charge on any atom is -0.497 e. The van der Waals surface area contributed by atoms with Crippen LogP contribution in [0.3, 0.4) is 0 Å². The Morgan fingerprint density at radius 1 is 1.03 bits per heavy atom. The second-order valence-corrected chi connectivity index (χ2v) is 8.17. The molecule has 3 aromatic rings. The monoisotopic (exact) mass is 477 g/mol. The number of para-hydroxylation sites is 1. The van der Waals surface area contributed by atoms with Crippen LogP contribution in [0.1, 0.15) is 11.6 Å². The van der Waals surface area contributed by atoms with Crippen LogP contribution in [-0.4, -0.2) is 61.5 Å². The number of carbonyl (C=O) groups excluding carboxylic acids is 2. The maximum atomic E-state index is 14.2. The lowest BCUT2D eigenvalue weighted by Gasteiger charge is -2.40. The highest BCUT2D eigenvalue weighted by molar-refractivity contribution is 6.39. The number of nitrogens with zero attached hydrogens (tertiary/aromatic N) is 3. The fourth-order valence-corrected chi connectivity index (χ4v) is 4.17. The summed E-state index contributed by atoms with van der Waals surface area (Å²) in [6.07, 6.45) is 3.45. The molecule has 2 aromatic carbocycles. The molecule has 35 heavy (non-hydrogen) atoms. The van der Waals surface area contributed by atoms with Crippen molar-refractivity contribution in [2.45, 2.75) is 6.04 Å². The van der Waals surface area contributed by atoms with E-state index in [4.69, 9.17) is 4.74 Å². The molecule has 1 aliphatic rings. The van der Waals surface area contributed by atoms with E-state index in [1.165, 1.54) is 13.2 Å². The van der Waals surface area contributed by atoms with Gasteiger partial charge in [-0.05, 0) is 35.9 Å². The lowest BCUT2D eigenvalue weighted by molar-refractivity contribution is -0.136. The molecule has 2 heterocycles. The van der Waals surface area contributed by atoms with Crippen LogP contribution in [-0.2, 0) is 9.59 Å². The van der Waals surface area contributed by atoms with Crippen molar-refractivity contribution in [1.29, 1.82) is 0 Å². The molecule has 2 amide bonds. The van der Waals surface area contributed by atoms with Gasteiger partial charge in [0.2, 0.25) is 0 Å². The first-order valence-corrected chi connectivity index (χ1v) is 11.4. The van der Waals surface area contributed by atoms with Gasteiger partial charge in [-0.1, -0.05) is 24.3 Å². The highest BCUT2D eigenvalue weighted by atomic mass is 19.1. The van der Waals surface area contributed by atoms with E-state index in [2.05, 4.69) is 20.5 Å². The summed E-state index contributed by atoms with van der Waals surface area (Å²) in [6, 6.07) is 17.2. The number of methoxy groups -OCH3 is 1. The van der Waals surface area contributed by atoms with Gasteiger partial charge in [0.15, 0.2) is 0 Å². The Balaban J connectivity index is 1.39. The van der Waals surface area contributed by atoms with Crippen LogP contribution >= 0.6 is 0 Å². The number of benzene rings is 2. The average Bonchev–Trinajstić information content (AvgIpc) is 2.90. The summed E-state index contributed by atoms with van der Waals surface area (Å²) in [5.41, 5.74) is 1.99. The Hall–Kier alpha value is -3.98. The summed E-state index contributed by atoms with van der Waals surface area (Å²) in [5, 5.41) is 5.34. The van der Waals surface area contributed by atoms with Crippen LogP contribution in [0.2, 0.25) is 0 Å². The predicted molar refractivity (Wildman–Crippen MR) is 132 cm³/mol. The van der Waals surface area contributed by atoms with Crippen molar-refractivity contribution in [1.82, 2.24) is 15.2 Å². The van der Waals surface area contributed by atoms with Crippen molar-refractivity contribution in [3.63, 3.8) is 0 Å². The van der Waals surface area contributed by atoms with Crippen LogP contribution in [0.4, 0.5) is 15.8 Å². The molecule has 1 saturated heterocycles. The van der Waals surface area contributed by atoms with E-state index in [9.17, 15) is 14.0 Å². The van der Waals surface area contributed by atoms with E-state index in [1.807, 2.05) is 23.1 Å². The highest BCUT2D eigenvalue weighted by Crippen LogP contribution is 2.25. The smallest absolute Gasteiger partial charge is 0.313 e. The number of hydrogen-bond acceptors (Lipinski definition) is 6. The zero-order valence-electron chi connectivity index (χ0n) is 19.5. The number of pyridine rings is 1. The molecule has 0 unspecified atom stereocenters. The number of aromatic nitrogens is 1. The van der Waals surface area contributed by atoms with Gasteiger partial charge in [-0.3, -0.25) is 19.5 Å². The number of ether oxygens (including phenoxy) is 1. The largest absolute Gasteiger partial charge is 0.497 e. The number of anilines is 2. The topological polar surface area (TPSA) is 86.8 Å². The van der Waals surface area contributed by atoms with Gasteiger partial charge < -0.3 is 20.3 Å². The zero-order valence-corrected chi connectivity index (χ0v) is 19.5. The molecule has 1 aliphatic heterocycles. The number of nitrogens with one attached hydrogen (secondary N) is 2. The Morgan fingerprint density at radius 2 is 1.83 bits per heavy atom. The summed E-state index contributed by atoms with van der Waals surface area (Å²) in [7, 11) is 1.53. The minimum absolute atomic E-state index is 0.181. The van der Waals surface area contributed by atoms with Gasteiger partial charge in [0.25, 0.3) is 0 Å². The number of amides is 2. The van der Waals surface area contributed by atoms with Gasteiger partial charge >= 0.3 is 11.8 Å². The van der Waals surface area contributed by atoms with Crippen molar-refractivity contribution in [2.75, 3.05) is 50.1 Å². The van der Waals surface area contributed by atoms with E-state index in [1.54, 1.807) is 48.8 Å². The second-order valence-electron chi connectivity index (χ2n) is 8.17. The summed E-state index contributed by atoms with van der Waals surface area (Å²) in [6.45, 7) is 2.85. The third kappa shape index (κ3) is 6.13. The van der Waals surface area contributed by atoms with Gasteiger partial charge in [0.1, 0.15) is 11.6 Å². The SMILES string of the molecule is COc1cccc(NC(=O)C(=O)NC[C@@H](c2cccnc2)N2CCN(c3ccccc3F)CC2)c1. The van der Waals surface area contributed by atoms with E-state index in [-0.39, 0.29) is 18.4 Å². The molecule has 1 atom stereocenters. The molecule has 4 rings (SSSR count). The number of rotatable bonds is 7. The van der Waals surface area contributed by atoms with Gasteiger partial charge in [-0.2, -0.15) is 0 Å². The standard InChI is InChI=1S/C26H28FN5O3/c1-35-21-8-4-7-20(16-21)30-26(34)25(33)29-18-24(19-6-5-11-28-17-19)32-14-12-31(13-15-32)23-10-3-2-9-22(23)27/h2-11,16-17,24H,12-15,18H2,1H3,(H,29,33)(H,30,34)/t24-/m0/s1. The first-order chi connectivity index (χ1) is 17.0. The molecule has 2 N–H and O–H groups in total. The molecule has 0 radical (unpaired) electrons. The summed E-state index contributed by atoms with van der Waals surface area (Å²) < 4.78 is 19.4. The van der Waals surface area contributed by atoms with Gasteiger partial charge in [-0.15, -0.1) is 0 Å². The van der Waals surface area contributed by atoms with Crippen molar-refractivity contribution in [3.05, 3.63) is 84.4 Å². The Kier molecular flexibility index (Phi) is 7.89. The predicted octanol–water partition coefficient (Wildman–Crippen LogP) is 2.85. The van der Waals surface area contributed by atoms with Crippen molar-refractivity contribution >= 4 is 23.2 Å². The normalized spacial score (nSPS) is 14.7. The van der Waals surface area contributed by atoms with Crippen molar-refractivity contribution in [2.24, 2.45) is 0 Å². The third-order valence-electron chi connectivity index (χ3n) is 6.01. The maximum Gasteiger partial charge on any atom is 0.313 e. The van der Waals surface area contributed by atoms with Crippen LogP contribution in [0.15, 0.2) is 73.1 Å². The fraction of sp³-hybridized carbons (Fsp3) is 0.269. The molecule has 1 fully saturated rings. The van der Waals surface area contributed by atoms with Crippen LogP contribution < -0.4 is 20.3 Å². The van der Waals surface area contributed by atoms with Crippen molar-refractivity contribution < 1.29 is 18.7 Å². The van der Waals surface area contributed by atoms with E-state index < -0.39 is 11.8 Å². The number of carbonyl (C=O) groups is 2. The van der Waals surface area contributed by atoms with Gasteiger partial charge in [0, 0.05) is 56.9 Å². The third-order valence-corrected chi connectivity index (χ3v) is 6.01. The Bertz CT molecular complexity index is 1150. The highest BCUT2D eigenvalue weighted by Gasteiger charge is 2.27. The Labute approximate surface area is 203 Å². The van der Waals surface area contributed by atoms with Gasteiger partial charge in [-0.25, -0.2) is 4.39 Å². The average molecular weight is 478 g/mol. The molecule has 0 saturated carbocycles. The first kappa shape index (κ1) is 24.2. The first-order valence-electron chi connectivity index (χ1n) is 11.4. The lowest BCUT2D eigenvalue weighted by atomic mass is 10.1. The number of piperazine rings is 1. The summed E-state index contributed by atoms with van der Waals surface area (Å²) in [5.74, 6) is -1.15. The Morgan fingerprint density at radius 3 is 2.54 bits per heavy atom. The summed E-state index contributed by atoms with van der Waals surface area (Å²) in [4.78, 5) is 33.4. The molecule has 0 bridgehead atoms. The molecule has 0 aliphatic carbocycles. The summed E-state index contributed by atoms with van der Waals surface area (Å²) >= 11 is 0. The fourth-order valence-electron chi connectivity index (χ4n) is 4.17. The van der Waals surface area contributed by atoms with Crippen LogP contribution in [0.5, 0.6) is 5.75 Å². The van der Waals surface area contributed by atoms with Crippen LogP contribution in [0, 0.1) is 5.82 Å². The van der Waals surface area contributed by atoms with E-state index in [0.29, 0.717) is 43.3 Å². The molecule has 182 valence electrons. The molecule has 9 heteroatoms. The maximum absolute atomic E-state index is 14.2. The zero-order chi connectivity index (χ0) is 24.6. The van der Waals surface area contributed by atoms with Crippen LogP contribution in [0.25, 0.3) is 0 Å². The quantitative estimate of drug-likeness (QED) is 0.509. The lowest BCUT2D eigenvalue weighted by Crippen LogP contribution is -2.50. The molecule has 0 spiro atoms. The van der Waals surface area contributed by atoms with E-state index in [0.717, 1.165) is 5.56 Å². The second kappa shape index (κ2) is 11.4. The number of hydrogen-bond donors (Lipinski definition) is 2. The van der Waals surface area contributed by atoms with E-state index >= 15 is 0 Å². The van der Waals surface area contributed by atoms with Gasteiger partial charge in [0.05, 0.1) is 18.8 Å². The molecule has 8 nitrogen and oxygen atoms in total.